The van der Waals surface area contributed by atoms with Crippen LogP contribution in [0, 0.1) is 5.92 Å². The summed E-state index contributed by atoms with van der Waals surface area (Å²) in [6.45, 7) is 1.20. The van der Waals surface area contributed by atoms with Gasteiger partial charge in [-0.05, 0) is 42.7 Å². The monoisotopic (exact) mass is 444 g/mol. The summed E-state index contributed by atoms with van der Waals surface area (Å²) < 4.78 is 6.85. The van der Waals surface area contributed by atoms with Crippen LogP contribution >= 0.6 is 15.9 Å². The van der Waals surface area contributed by atoms with Crippen molar-refractivity contribution in [3.8, 4) is 5.75 Å². The van der Waals surface area contributed by atoms with Gasteiger partial charge in [0.2, 0.25) is 5.91 Å². The molecule has 1 saturated carbocycles. The summed E-state index contributed by atoms with van der Waals surface area (Å²) in [7, 11) is 0. The second-order valence-electron chi connectivity index (χ2n) is 6.94. The van der Waals surface area contributed by atoms with Crippen LogP contribution in [-0.2, 0) is 11.4 Å². The maximum Gasteiger partial charge on any atom is 0.255 e. The van der Waals surface area contributed by atoms with Crippen LogP contribution in [-0.4, -0.2) is 24.9 Å². The molecule has 1 fully saturated rings. The van der Waals surface area contributed by atoms with Crippen molar-refractivity contribution in [2.24, 2.45) is 5.92 Å². The Kier molecular flexibility index (Phi) is 7.48. The minimum absolute atomic E-state index is 0.101. The molecular formula is C22H25BrN2O3. The van der Waals surface area contributed by atoms with Gasteiger partial charge in [0.05, 0.1) is 5.56 Å². The highest BCUT2D eigenvalue weighted by molar-refractivity contribution is 9.10. The smallest absolute Gasteiger partial charge is 0.255 e. The molecule has 0 saturated heterocycles. The van der Waals surface area contributed by atoms with E-state index in [4.69, 9.17) is 4.74 Å². The molecule has 1 aliphatic carbocycles. The molecule has 0 spiro atoms. The van der Waals surface area contributed by atoms with E-state index in [0.717, 1.165) is 35.7 Å². The first-order valence-corrected chi connectivity index (χ1v) is 10.4. The molecule has 28 heavy (non-hydrogen) atoms. The molecule has 0 heterocycles. The molecule has 0 aliphatic heterocycles. The minimum Gasteiger partial charge on any atom is -0.488 e. The summed E-state index contributed by atoms with van der Waals surface area (Å²) in [5, 5.41) is 5.76. The van der Waals surface area contributed by atoms with E-state index in [1.54, 1.807) is 12.1 Å². The standard InChI is InChI=1S/C22H25BrN2O3/c23-18-9-5-6-16(14-18)15-28-20-11-4-3-10-19(20)22(27)25-13-12-24-21(26)17-7-1-2-8-17/h3-6,9-11,14,17H,1-2,7-8,12-13,15H2,(H,24,26)(H,25,27). The van der Waals surface area contributed by atoms with E-state index >= 15 is 0 Å². The Morgan fingerprint density at radius 3 is 2.54 bits per heavy atom. The van der Waals surface area contributed by atoms with Crippen molar-refractivity contribution in [1.29, 1.82) is 0 Å². The zero-order valence-corrected chi connectivity index (χ0v) is 17.3. The van der Waals surface area contributed by atoms with E-state index < -0.39 is 0 Å². The van der Waals surface area contributed by atoms with Crippen molar-refractivity contribution in [3.05, 3.63) is 64.1 Å². The van der Waals surface area contributed by atoms with Crippen LogP contribution < -0.4 is 15.4 Å². The molecule has 2 aromatic carbocycles. The zero-order chi connectivity index (χ0) is 19.8. The first-order chi connectivity index (χ1) is 13.6. The summed E-state index contributed by atoms with van der Waals surface area (Å²) in [4.78, 5) is 24.5. The molecule has 3 rings (SSSR count). The molecule has 0 bridgehead atoms. The lowest BCUT2D eigenvalue weighted by Crippen LogP contribution is -2.37. The number of halogens is 1. The van der Waals surface area contributed by atoms with Gasteiger partial charge in [-0.3, -0.25) is 9.59 Å². The van der Waals surface area contributed by atoms with Gasteiger partial charge < -0.3 is 15.4 Å². The summed E-state index contributed by atoms with van der Waals surface area (Å²) in [5.74, 6) is 0.572. The van der Waals surface area contributed by atoms with Crippen LogP contribution in [0.5, 0.6) is 5.75 Å². The first-order valence-electron chi connectivity index (χ1n) is 9.65. The Morgan fingerprint density at radius 1 is 1.00 bits per heavy atom. The lowest BCUT2D eigenvalue weighted by Gasteiger charge is -2.13. The van der Waals surface area contributed by atoms with Gasteiger partial charge in [-0.2, -0.15) is 0 Å². The third-order valence-corrected chi connectivity index (χ3v) is 5.34. The van der Waals surface area contributed by atoms with Crippen LogP contribution in [0.25, 0.3) is 0 Å². The quantitative estimate of drug-likeness (QED) is 0.603. The fourth-order valence-corrected chi connectivity index (χ4v) is 3.80. The number of benzene rings is 2. The Labute approximate surface area is 174 Å². The third kappa shape index (κ3) is 5.83. The maximum absolute atomic E-state index is 12.5. The third-order valence-electron chi connectivity index (χ3n) is 4.85. The first kappa shape index (κ1) is 20.4. The van der Waals surface area contributed by atoms with Gasteiger partial charge in [-0.25, -0.2) is 0 Å². The predicted molar refractivity (Wildman–Crippen MR) is 112 cm³/mol. The molecule has 5 nitrogen and oxygen atoms in total. The van der Waals surface area contributed by atoms with Crippen LogP contribution in [0.1, 0.15) is 41.6 Å². The number of nitrogens with one attached hydrogen (secondary N) is 2. The molecule has 0 radical (unpaired) electrons. The SMILES string of the molecule is O=C(NCCNC(=O)C1CCCC1)c1ccccc1OCc1cccc(Br)c1. The highest BCUT2D eigenvalue weighted by atomic mass is 79.9. The number of carbonyl (C=O) groups is 2. The molecule has 6 heteroatoms. The van der Waals surface area contributed by atoms with E-state index in [-0.39, 0.29) is 17.7 Å². The fourth-order valence-electron chi connectivity index (χ4n) is 3.36. The Balaban J connectivity index is 1.48. The molecule has 0 aromatic heterocycles. The minimum atomic E-state index is -0.208. The number of hydrogen-bond donors (Lipinski definition) is 2. The summed E-state index contributed by atoms with van der Waals surface area (Å²) >= 11 is 3.44. The van der Waals surface area contributed by atoms with Crippen LogP contribution in [0.15, 0.2) is 53.0 Å². The van der Waals surface area contributed by atoms with Crippen molar-refractivity contribution < 1.29 is 14.3 Å². The predicted octanol–water partition coefficient (Wildman–Crippen LogP) is 4.06. The summed E-state index contributed by atoms with van der Waals surface area (Å²) in [6.07, 6.45) is 4.21. The van der Waals surface area contributed by atoms with E-state index in [1.807, 2.05) is 36.4 Å². The largest absolute Gasteiger partial charge is 0.488 e. The lowest BCUT2D eigenvalue weighted by atomic mass is 10.1. The van der Waals surface area contributed by atoms with Crippen LogP contribution in [0.2, 0.25) is 0 Å². The Morgan fingerprint density at radius 2 is 1.75 bits per heavy atom. The average molecular weight is 445 g/mol. The molecular weight excluding hydrogens is 420 g/mol. The topological polar surface area (TPSA) is 67.4 Å². The summed E-state index contributed by atoms with van der Waals surface area (Å²) in [6, 6.07) is 15.0. The number of ether oxygens (including phenoxy) is 1. The molecule has 0 unspecified atom stereocenters. The molecule has 2 amide bonds. The highest BCUT2D eigenvalue weighted by Gasteiger charge is 2.22. The molecule has 2 aromatic rings. The molecule has 2 N–H and O–H groups in total. The normalized spacial score (nSPS) is 13.9. The zero-order valence-electron chi connectivity index (χ0n) is 15.7. The highest BCUT2D eigenvalue weighted by Crippen LogP contribution is 2.24. The van der Waals surface area contributed by atoms with Crippen LogP contribution in [0.4, 0.5) is 0 Å². The number of hydrogen-bond acceptors (Lipinski definition) is 3. The fraction of sp³-hybridized carbons (Fsp3) is 0.364. The van der Waals surface area contributed by atoms with Gasteiger partial charge in [0.1, 0.15) is 12.4 Å². The van der Waals surface area contributed by atoms with Crippen molar-refractivity contribution in [1.82, 2.24) is 10.6 Å². The van der Waals surface area contributed by atoms with E-state index in [0.29, 0.717) is 31.0 Å². The van der Waals surface area contributed by atoms with Gasteiger partial charge in [0.25, 0.3) is 5.91 Å². The van der Waals surface area contributed by atoms with Gasteiger partial charge in [0.15, 0.2) is 0 Å². The van der Waals surface area contributed by atoms with Crippen molar-refractivity contribution in [3.63, 3.8) is 0 Å². The van der Waals surface area contributed by atoms with Crippen molar-refractivity contribution >= 4 is 27.7 Å². The van der Waals surface area contributed by atoms with E-state index in [1.165, 1.54) is 0 Å². The van der Waals surface area contributed by atoms with E-state index in [2.05, 4.69) is 26.6 Å². The van der Waals surface area contributed by atoms with Gasteiger partial charge >= 0.3 is 0 Å². The molecule has 0 atom stereocenters. The molecule has 1 aliphatic rings. The van der Waals surface area contributed by atoms with Crippen LogP contribution in [0.3, 0.4) is 0 Å². The average Bonchev–Trinajstić information content (AvgIpc) is 3.24. The second-order valence-corrected chi connectivity index (χ2v) is 7.86. The summed E-state index contributed by atoms with van der Waals surface area (Å²) in [5.41, 5.74) is 1.50. The Hall–Kier alpha value is -2.34. The van der Waals surface area contributed by atoms with Crippen molar-refractivity contribution in [2.75, 3.05) is 13.1 Å². The van der Waals surface area contributed by atoms with Gasteiger partial charge in [0, 0.05) is 23.5 Å². The Bertz CT molecular complexity index is 819. The number of carbonyl (C=O) groups excluding carboxylic acids is 2. The number of para-hydroxylation sites is 1. The van der Waals surface area contributed by atoms with Crippen molar-refractivity contribution in [2.45, 2.75) is 32.3 Å². The molecule has 148 valence electrons. The van der Waals surface area contributed by atoms with E-state index in [9.17, 15) is 9.59 Å². The van der Waals surface area contributed by atoms with Gasteiger partial charge in [-0.15, -0.1) is 0 Å². The number of rotatable bonds is 8. The number of amides is 2. The second kappa shape index (κ2) is 10.3. The lowest BCUT2D eigenvalue weighted by molar-refractivity contribution is -0.124. The van der Waals surface area contributed by atoms with Gasteiger partial charge in [-0.1, -0.05) is 53.0 Å². The maximum atomic E-state index is 12.5.